The summed E-state index contributed by atoms with van der Waals surface area (Å²) in [5, 5.41) is 10.4. The summed E-state index contributed by atoms with van der Waals surface area (Å²) in [6, 6.07) is 3.85. The van der Waals surface area contributed by atoms with Crippen molar-refractivity contribution >= 4 is 23.7 Å². The van der Waals surface area contributed by atoms with E-state index in [2.05, 4.69) is 18.1 Å². The second kappa shape index (κ2) is 8.92. The minimum Gasteiger partial charge on any atom is -0.507 e. The molecule has 0 atom stereocenters. The molecule has 0 saturated carbocycles. The maximum absolute atomic E-state index is 12.5. The number of likely N-dealkylation sites (N-methyl/N-ethyl adjacent to an activating group) is 1. The standard InChI is InChI=1S/C20H26N2O2S/c1-5-7-16-11-15(12-17(8-6-2)19(16)23)13-18-20(24)22(14-25-18)10-9-21(3)4/h5-6,11-13,23H,1-2,7-10,14H2,3-4H3/b18-13-. The Labute approximate surface area is 154 Å². The van der Waals surface area contributed by atoms with Crippen LogP contribution in [0.5, 0.6) is 5.75 Å². The van der Waals surface area contributed by atoms with Crippen LogP contribution < -0.4 is 0 Å². The van der Waals surface area contributed by atoms with Crippen LogP contribution in [-0.4, -0.2) is 53.9 Å². The number of thioether (sulfide) groups is 1. The molecule has 0 aromatic heterocycles. The molecule has 2 rings (SSSR count). The summed E-state index contributed by atoms with van der Waals surface area (Å²) in [6.07, 6.45) is 6.62. The minimum atomic E-state index is 0.0791. The molecule has 0 radical (unpaired) electrons. The lowest BCUT2D eigenvalue weighted by Crippen LogP contribution is -2.32. The first-order chi connectivity index (χ1) is 12.0. The molecule has 134 valence electrons. The van der Waals surface area contributed by atoms with Gasteiger partial charge < -0.3 is 14.9 Å². The zero-order chi connectivity index (χ0) is 18.4. The van der Waals surface area contributed by atoms with Crippen LogP contribution >= 0.6 is 11.8 Å². The van der Waals surface area contributed by atoms with Crippen LogP contribution in [-0.2, 0) is 17.6 Å². The Balaban J connectivity index is 2.26. The highest BCUT2D eigenvalue weighted by molar-refractivity contribution is 8.04. The fourth-order valence-corrected chi connectivity index (χ4v) is 3.67. The molecule has 4 nitrogen and oxygen atoms in total. The maximum atomic E-state index is 12.5. The van der Waals surface area contributed by atoms with Crippen molar-refractivity contribution in [3.63, 3.8) is 0 Å². The van der Waals surface area contributed by atoms with Crippen molar-refractivity contribution in [3.8, 4) is 5.75 Å². The van der Waals surface area contributed by atoms with Crippen LogP contribution in [0.1, 0.15) is 16.7 Å². The lowest BCUT2D eigenvalue weighted by atomic mass is 9.99. The summed E-state index contributed by atoms with van der Waals surface area (Å²) in [4.78, 5) is 17.2. The van der Waals surface area contributed by atoms with Gasteiger partial charge in [0.25, 0.3) is 5.91 Å². The van der Waals surface area contributed by atoms with Crippen LogP contribution in [0.25, 0.3) is 6.08 Å². The molecule has 1 fully saturated rings. The lowest BCUT2D eigenvalue weighted by molar-refractivity contribution is -0.124. The molecule has 1 heterocycles. The predicted molar refractivity (Wildman–Crippen MR) is 107 cm³/mol. The number of rotatable bonds is 8. The topological polar surface area (TPSA) is 43.8 Å². The van der Waals surface area contributed by atoms with E-state index in [9.17, 15) is 9.90 Å². The summed E-state index contributed by atoms with van der Waals surface area (Å²) in [5.41, 5.74) is 2.57. The molecule has 1 aromatic rings. The first-order valence-electron chi connectivity index (χ1n) is 8.31. The fraction of sp³-hybridized carbons (Fsp3) is 0.350. The number of allylic oxidation sites excluding steroid dienone is 2. The van der Waals surface area contributed by atoms with E-state index >= 15 is 0 Å². The normalized spacial score (nSPS) is 16.0. The smallest absolute Gasteiger partial charge is 0.261 e. The Hall–Kier alpha value is -1.98. The van der Waals surface area contributed by atoms with E-state index in [0.29, 0.717) is 24.5 Å². The van der Waals surface area contributed by atoms with Crippen LogP contribution in [0.4, 0.5) is 0 Å². The number of phenols is 1. The first kappa shape index (κ1) is 19.3. The van der Waals surface area contributed by atoms with E-state index < -0.39 is 0 Å². The van der Waals surface area contributed by atoms with Gasteiger partial charge in [0.05, 0.1) is 10.8 Å². The van der Waals surface area contributed by atoms with E-state index in [-0.39, 0.29) is 5.91 Å². The number of carbonyl (C=O) groups excluding carboxylic acids is 1. The monoisotopic (exact) mass is 358 g/mol. The molecule has 0 spiro atoms. The molecule has 1 saturated heterocycles. The van der Waals surface area contributed by atoms with Crippen molar-refractivity contribution in [2.24, 2.45) is 0 Å². The van der Waals surface area contributed by atoms with E-state index in [4.69, 9.17) is 0 Å². The lowest BCUT2D eigenvalue weighted by Gasteiger charge is -2.17. The van der Waals surface area contributed by atoms with Crippen molar-refractivity contribution < 1.29 is 9.90 Å². The quantitative estimate of drug-likeness (QED) is 0.572. The SMILES string of the molecule is C=CCc1cc(/C=C2\SCN(CCN(C)C)C2=O)cc(CC=C)c1O. The summed E-state index contributed by atoms with van der Waals surface area (Å²) in [7, 11) is 4.01. The summed E-state index contributed by atoms with van der Waals surface area (Å²) in [6.45, 7) is 9.08. The van der Waals surface area contributed by atoms with Crippen LogP contribution in [0.15, 0.2) is 42.3 Å². The third kappa shape index (κ3) is 5.00. The summed E-state index contributed by atoms with van der Waals surface area (Å²) < 4.78 is 0. The predicted octanol–water partition coefficient (Wildman–Crippen LogP) is 3.28. The molecular weight excluding hydrogens is 332 g/mol. The highest BCUT2D eigenvalue weighted by atomic mass is 32.2. The number of carbonyl (C=O) groups is 1. The van der Waals surface area contributed by atoms with E-state index in [1.807, 2.05) is 37.2 Å². The number of amides is 1. The Bertz CT molecular complexity index is 664. The molecular formula is C20H26N2O2S. The Morgan fingerprint density at radius 3 is 2.36 bits per heavy atom. The average molecular weight is 359 g/mol. The van der Waals surface area contributed by atoms with Gasteiger partial charge in [-0.3, -0.25) is 4.79 Å². The molecule has 25 heavy (non-hydrogen) atoms. The van der Waals surface area contributed by atoms with Gasteiger partial charge in [0.15, 0.2) is 0 Å². The summed E-state index contributed by atoms with van der Waals surface area (Å²) >= 11 is 1.56. The fourth-order valence-electron chi connectivity index (χ4n) is 2.66. The van der Waals surface area contributed by atoms with Crippen molar-refractivity contribution in [1.29, 1.82) is 0 Å². The average Bonchev–Trinajstić information content (AvgIpc) is 2.90. The van der Waals surface area contributed by atoms with Gasteiger partial charge in [0.2, 0.25) is 0 Å². The van der Waals surface area contributed by atoms with E-state index in [1.54, 1.807) is 23.9 Å². The Morgan fingerprint density at radius 2 is 1.84 bits per heavy atom. The number of nitrogens with zero attached hydrogens (tertiary/aromatic N) is 2. The van der Waals surface area contributed by atoms with Gasteiger partial charge in [-0.25, -0.2) is 0 Å². The van der Waals surface area contributed by atoms with Gasteiger partial charge in [-0.2, -0.15) is 0 Å². The largest absolute Gasteiger partial charge is 0.507 e. The zero-order valence-corrected chi connectivity index (χ0v) is 15.8. The van der Waals surface area contributed by atoms with Crippen LogP contribution in [0.3, 0.4) is 0 Å². The van der Waals surface area contributed by atoms with Gasteiger partial charge >= 0.3 is 0 Å². The van der Waals surface area contributed by atoms with Crippen LogP contribution in [0.2, 0.25) is 0 Å². The first-order valence-corrected chi connectivity index (χ1v) is 9.29. The second-order valence-corrected chi connectivity index (χ2v) is 7.31. The zero-order valence-electron chi connectivity index (χ0n) is 15.0. The van der Waals surface area contributed by atoms with E-state index in [0.717, 1.165) is 34.7 Å². The third-order valence-electron chi connectivity index (χ3n) is 4.01. The number of phenolic OH excluding ortho intramolecular Hbond substituents is 1. The van der Waals surface area contributed by atoms with Crippen molar-refractivity contribution in [2.75, 3.05) is 33.1 Å². The van der Waals surface area contributed by atoms with Crippen molar-refractivity contribution in [1.82, 2.24) is 9.80 Å². The summed E-state index contributed by atoms with van der Waals surface area (Å²) in [5.74, 6) is 1.06. The molecule has 1 aromatic carbocycles. The van der Waals surface area contributed by atoms with Gasteiger partial charge in [0, 0.05) is 13.1 Å². The third-order valence-corrected chi connectivity index (χ3v) is 5.05. The van der Waals surface area contributed by atoms with Gasteiger partial charge in [-0.15, -0.1) is 13.2 Å². The molecule has 0 unspecified atom stereocenters. The number of hydrogen-bond acceptors (Lipinski definition) is 4. The van der Waals surface area contributed by atoms with Gasteiger partial charge in [0.1, 0.15) is 5.75 Å². The molecule has 0 aliphatic carbocycles. The number of hydrogen-bond donors (Lipinski definition) is 1. The molecule has 0 bridgehead atoms. The molecule has 1 N–H and O–H groups in total. The van der Waals surface area contributed by atoms with Gasteiger partial charge in [-0.1, -0.05) is 23.9 Å². The second-order valence-electron chi connectivity index (χ2n) is 6.33. The molecule has 1 amide bonds. The number of benzene rings is 1. The Kier molecular flexibility index (Phi) is 6.91. The molecule has 1 aliphatic rings. The van der Waals surface area contributed by atoms with Crippen molar-refractivity contribution in [2.45, 2.75) is 12.8 Å². The van der Waals surface area contributed by atoms with Crippen molar-refractivity contribution in [3.05, 3.63) is 59.0 Å². The molecule has 1 aliphatic heterocycles. The number of aromatic hydroxyl groups is 1. The highest BCUT2D eigenvalue weighted by Gasteiger charge is 2.26. The maximum Gasteiger partial charge on any atom is 0.261 e. The Morgan fingerprint density at radius 1 is 1.24 bits per heavy atom. The van der Waals surface area contributed by atoms with Gasteiger partial charge in [-0.05, 0) is 61.8 Å². The van der Waals surface area contributed by atoms with Crippen LogP contribution in [0, 0.1) is 0 Å². The highest BCUT2D eigenvalue weighted by Crippen LogP contribution is 2.32. The minimum absolute atomic E-state index is 0.0791. The van der Waals surface area contributed by atoms with E-state index in [1.165, 1.54) is 0 Å². The molecule has 5 heteroatoms.